The van der Waals surface area contributed by atoms with Gasteiger partial charge < -0.3 is 5.32 Å². The third-order valence-corrected chi connectivity index (χ3v) is 3.09. The van der Waals surface area contributed by atoms with Crippen LogP contribution in [0.1, 0.15) is 30.4 Å². The Bertz CT molecular complexity index is 498. The Hall–Kier alpha value is -1.49. The van der Waals surface area contributed by atoms with Crippen LogP contribution < -0.4 is 5.32 Å². The molecule has 1 aliphatic heterocycles. The molecule has 3 heterocycles. The fraction of sp³-hybridized carbons (Fsp3) is 0.545. The lowest BCUT2D eigenvalue weighted by atomic mass is 9.97. The van der Waals surface area contributed by atoms with E-state index in [1.807, 2.05) is 23.7 Å². The van der Waals surface area contributed by atoms with Crippen LogP contribution in [-0.2, 0) is 0 Å². The number of nitrogens with zero attached hydrogens (tertiary/aromatic N) is 4. The predicted molar refractivity (Wildman–Crippen MR) is 60.4 cm³/mol. The molecule has 0 aliphatic carbocycles. The molecule has 2 aromatic heterocycles. The summed E-state index contributed by atoms with van der Waals surface area (Å²) in [5, 5.41) is 7.78. The minimum absolute atomic E-state index is 0.506. The zero-order chi connectivity index (χ0) is 11.0. The number of aryl methyl sites for hydroxylation is 1. The number of piperidine rings is 1. The lowest BCUT2D eigenvalue weighted by Crippen LogP contribution is -2.28. The second-order valence-corrected chi connectivity index (χ2v) is 4.26. The molecule has 0 amide bonds. The van der Waals surface area contributed by atoms with Crippen LogP contribution in [0.3, 0.4) is 0 Å². The first kappa shape index (κ1) is 9.72. The summed E-state index contributed by atoms with van der Waals surface area (Å²) in [6.45, 7) is 4.05. The lowest BCUT2D eigenvalue weighted by Gasteiger charge is -2.21. The molecule has 1 saturated heterocycles. The largest absolute Gasteiger partial charge is 0.317 e. The average molecular weight is 217 g/mol. The second-order valence-electron chi connectivity index (χ2n) is 4.26. The smallest absolute Gasteiger partial charge is 0.159 e. The summed E-state index contributed by atoms with van der Waals surface area (Å²) in [5.74, 6) is 2.37. The third kappa shape index (κ3) is 1.57. The van der Waals surface area contributed by atoms with Crippen LogP contribution in [0.25, 0.3) is 5.65 Å². The van der Waals surface area contributed by atoms with Crippen LogP contribution in [0, 0.1) is 6.92 Å². The van der Waals surface area contributed by atoms with Crippen LogP contribution >= 0.6 is 0 Å². The van der Waals surface area contributed by atoms with Crippen molar-refractivity contribution in [2.24, 2.45) is 0 Å². The predicted octanol–water partition coefficient (Wildman–Crippen LogP) is 0.900. The van der Waals surface area contributed by atoms with Crippen molar-refractivity contribution in [3.05, 3.63) is 23.9 Å². The van der Waals surface area contributed by atoms with Gasteiger partial charge >= 0.3 is 0 Å². The van der Waals surface area contributed by atoms with E-state index in [0.29, 0.717) is 5.92 Å². The first-order valence-electron chi connectivity index (χ1n) is 5.73. The molecule has 16 heavy (non-hydrogen) atoms. The summed E-state index contributed by atoms with van der Waals surface area (Å²) in [7, 11) is 0. The van der Waals surface area contributed by atoms with Gasteiger partial charge in [0.2, 0.25) is 0 Å². The van der Waals surface area contributed by atoms with Gasteiger partial charge in [0.15, 0.2) is 5.65 Å². The van der Waals surface area contributed by atoms with Crippen LogP contribution in [0.15, 0.2) is 12.3 Å². The van der Waals surface area contributed by atoms with Crippen molar-refractivity contribution in [2.75, 3.05) is 13.1 Å². The monoisotopic (exact) mass is 217 g/mol. The van der Waals surface area contributed by atoms with Crippen molar-refractivity contribution < 1.29 is 0 Å². The maximum absolute atomic E-state index is 4.48. The van der Waals surface area contributed by atoms with Gasteiger partial charge in [0.25, 0.3) is 0 Å². The van der Waals surface area contributed by atoms with E-state index in [2.05, 4.69) is 20.4 Å². The van der Waals surface area contributed by atoms with E-state index in [1.54, 1.807) is 0 Å². The van der Waals surface area contributed by atoms with Crippen LogP contribution in [0.5, 0.6) is 0 Å². The highest BCUT2D eigenvalue weighted by Gasteiger charge is 2.19. The Morgan fingerprint density at radius 1 is 1.38 bits per heavy atom. The fourth-order valence-corrected chi connectivity index (χ4v) is 2.30. The molecule has 1 fully saturated rings. The van der Waals surface area contributed by atoms with Crippen LogP contribution in [0.4, 0.5) is 0 Å². The molecule has 84 valence electrons. The lowest BCUT2D eigenvalue weighted by molar-refractivity contribution is 0.437. The molecule has 0 saturated carbocycles. The molecule has 2 aromatic rings. The van der Waals surface area contributed by atoms with Crippen molar-refractivity contribution in [1.82, 2.24) is 24.9 Å². The van der Waals surface area contributed by atoms with Gasteiger partial charge in [-0.2, -0.15) is 4.52 Å². The number of rotatable bonds is 1. The Morgan fingerprint density at radius 2 is 2.19 bits per heavy atom. The second kappa shape index (κ2) is 3.83. The summed E-state index contributed by atoms with van der Waals surface area (Å²) in [6.07, 6.45) is 4.09. The summed E-state index contributed by atoms with van der Waals surface area (Å²) >= 11 is 0. The first-order chi connectivity index (χ1) is 7.84. The van der Waals surface area contributed by atoms with Gasteiger partial charge in [-0.05, 0) is 32.9 Å². The molecule has 0 spiro atoms. The molecule has 1 N–H and O–H groups in total. The zero-order valence-corrected chi connectivity index (χ0v) is 9.35. The standard InChI is InChI=1S/C11H15N5/c1-8-14-10-4-7-13-11(16(10)15-8)9-2-5-12-6-3-9/h4,7,9,12H,2-3,5-6H2,1H3. The van der Waals surface area contributed by atoms with E-state index in [9.17, 15) is 0 Å². The van der Waals surface area contributed by atoms with E-state index < -0.39 is 0 Å². The molecular formula is C11H15N5. The van der Waals surface area contributed by atoms with Gasteiger partial charge in [-0.1, -0.05) is 0 Å². The third-order valence-electron chi connectivity index (χ3n) is 3.09. The maximum Gasteiger partial charge on any atom is 0.159 e. The van der Waals surface area contributed by atoms with Crippen molar-refractivity contribution in [3.8, 4) is 0 Å². The summed E-state index contributed by atoms with van der Waals surface area (Å²) in [5.41, 5.74) is 0.904. The Kier molecular flexibility index (Phi) is 2.32. The molecule has 5 heteroatoms. The van der Waals surface area contributed by atoms with E-state index >= 15 is 0 Å². The number of hydrogen-bond acceptors (Lipinski definition) is 4. The molecular weight excluding hydrogens is 202 g/mol. The molecule has 0 unspecified atom stereocenters. The zero-order valence-electron chi connectivity index (χ0n) is 9.35. The fourth-order valence-electron chi connectivity index (χ4n) is 2.30. The van der Waals surface area contributed by atoms with Gasteiger partial charge in [-0.3, -0.25) is 0 Å². The number of hydrogen-bond donors (Lipinski definition) is 1. The van der Waals surface area contributed by atoms with Gasteiger partial charge in [0.05, 0.1) is 0 Å². The summed E-state index contributed by atoms with van der Waals surface area (Å²) in [6, 6.07) is 1.91. The SMILES string of the molecule is Cc1nc2ccnc(C3CCNCC3)n2n1. The summed E-state index contributed by atoms with van der Waals surface area (Å²) in [4.78, 5) is 8.84. The quantitative estimate of drug-likeness (QED) is 0.771. The average Bonchev–Trinajstić information content (AvgIpc) is 2.70. The van der Waals surface area contributed by atoms with Gasteiger partial charge in [-0.15, -0.1) is 5.10 Å². The van der Waals surface area contributed by atoms with Crippen molar-refractivity contribution in [2.45, 2.75) is 25.7 Å². The number of fused-ring (bicyclic) bond motifs is 1. The number of aromatic nitrogens is 4. The van der Waals surface area contributed by atoms with E-state index in [1.165, 1.54) is 0 Å². The van der Waals surface area contributed by atoms with Crippen molar-refractivity contribution in [1.29, 1.82) is 0 Å². The van der Waals surface area contributed by atoms with Crippen molar-refractivity contribution >= 4 is 5.65 Å². The van der Waals surface area contributed by atoms with E-state index in [4.69, 9.17) is 0 Å². The van der Waals surface area contributed by atoms with Gasteiger partial charge in [-0.25, -0.2) is 9.97 Å². The van der Waals surface area contributed by atoms with Crippen molar-refractivity contribution in [3.63, 3.8) is 0 Å². The topological polar surface area (TPSA) is 55.1 Å². The van der Waals surface area contributed by atoms with Crippen LogP contribution in [-0.4, -0.2) is 32.7 Å². The first-order valence-corrected chi connectivity index (χ1v) is 5.73. The Morgan fingerprint density at radius 3 is 3.00 bits per heavy atom. The molecule has 0 aromatic carbocycles. The van der Waals surface area contributed by atoms with Gasteiger partial charge in [0, 0.05) is 18.2 Å². The van der Waals surface area contributed by atoms with Gasteiger partial charge in [0.1, 0.15) is 11.6 Å². The summed E-state index contributed by atoms with van der Waals surface area (Å²) < 4.78 is 1.89. The molecule has 5 nitrogen and oxygen atoms in total. The van der Waals surface area contributed by atoms with E-state index in [-0.39, 0.29) is 0 Å². The molecule has 3 rings (SSSR count). The Balaban J connectivity index is 2.07. The molecule has 0 atom stereocenters. The Labute approximate surface area is 93.9 Å². The molecule has 0 radical (unpaired) electrons. The normalized spacial score (nSPS) is 18.1. The highest BCUT2D eigenvalue weighted by molar-refractivity contribution is 5.36. The van der Waals surface area contributed by atoms with Crippen LogP contribution in [0.2, 0.25) is 0 Å². The minimum atomic E-state index is 0.506. The number of nitrogens with one attached hydrogen (secondary N) is 1. The molecule has 0 bridgehead atoms. The van der Waals surface area contributed by atoms with E-state index in [0.717, 1.165) is 43.2 Å². The molecule has 1 aliphatic rings. The highest BCUT2D eigenvalue weighted by Crippen LogP contribution is 2.23. The maximum atomic E-state index is 4.48. The minimum Gasteiger partial charge on any atom is -0.317 e. The highest BCUT2D eigenvalue weighted by atomic mass is 15.3.